The summed E-state index contributed by atoms with van der Waals surface area (Å²) >= 11 is 1.35. The van der Waals surface area contributed by atoms with Crippen LogP contribution in [0.25, 0.3) is 21.5 Å². The first-order valence-electron chi connectivity index (χ1n) is 9.22. The summed E-state index contributed by atoms with van der Waals surface area (Å²) in [7, 11) is 1.69. The van der Waals surface area contributed by atoms with Gasteiger partial charge in [0.25, 0.3) is 5.56 Å². The molecule has 1 N–H and O–H groups in total. The lowest BCUT2D eigenvalue weighted by atomic mass is 10.1. The van der Waals surface area contributed by atoms with Crippen molar-refractivity contribution in [2.24, 2.45) is 0 Å². The zero-order chi connectivity index (χ0) is 20.4. The molecule has 148 valence electrons. The van der Waals surface area contributed by atoms with E-state index in [2.05, 4.69) is 15.0 Å². The molecule has 0 saturated heterocycles. The lowest BCUT2D eigenvalue weighted by molar-refractivity contribution is -0.130. The number of aryl methyl sites for hydroxylation is 2. The highest BCUT2D eigenvalue weighted by atomic mass is 32.1. The van der Waals surface area contributed by atoms with Crippen LogP contribution in [0.15, 0.2) is 51.1 Å². The zero-order valence-electron chi connectivity index (χ0n) is 16.1. The molecule has 29 heavy (non-hydrogen) atoms. The largest absolute Gasteiger partial charge is 0.441 e. The average molecular weight is 408 g/mol. The molecule has 4 aromatic rings. The van der Waals surface area contributed by atoms with Crippen molar-refractivity contribution in [1.82, 2.24) is 19.9 Å². The summed E-state index contributed by atoms with van der Waals surface area (Å²) in [6.45, 7) is 2.27. The molecule has 0 unspecified atom stereocenters. The topological polar surface area (TPSA) is 92.1 Å². The van der Waals surface area contributed by atoms with Gasteiger partial charge in [-0.05, 0) is 18.4 Å². The minimum absolute atomic E-state index is 0.0758. The lowest BCUT2D eigenvalue weighted by Crippen LogP contribution is -2.28. The average Bonchev–Trinajstić information content (AvgIpc) is 3.36. The fraction of sp³-hybridized carbons (Fsp3) is 0.238. The second-order valence-electron chi connectivity index (χ2n) is 6.88. The highest BCUT2D eigenvalue weighted by Gasteiger charge is 2.14. The Kier molecular flexibility index (Phi) is 5.26. The Bertz CT molecular complexity index is 1210. The fourth-order valence-electron chi connectivity index (χ4n) is 2.99. The van der Waals surface area contributed by atoms with Crippen LogP contribution in [-0.2, 0) is 17.8 Å². The Balaban J connectivity index is 1.36. The summed E-state index contributed by atoms with van der Waals surface area (Å²) < 4.78 is 6.37. The smallest absolute Gasteiger partial charge is 0.268 e. The Morgan fingerprint density at radius 1 is 1.24 bits per heavy atom. The number of carbonyl (C=O) groups is 1. The van der Waals surface area contributed by atoms with Gasteiger partial charge in [0, 0.05) is 25.5 Å². The number of hydrogen-bond donors (Lipinski definition) is 1. The molecule has 0 fully saturated rings. The molecule has 0 atom stereocenters. The Morgan fingerprint density at radius 2 is 2.03 bits per heavy atom. The maximum Gasteiger partial charge on any atom is 0.268 e. The van der Waals surface area contributed by atoms with Crippen LogP contribution in [0.2, 0.25) is 0 Å². The molecule has 8 heteroatoms. The number of benzene rings is 1. The predicted molar refractivity (Wildman–Crippen MR) is 112 cm³/mol. The number of aromatic amines is 1. The number of nitrogens with one attached hydrogen (secondary N) is 1. The molecule has 1 amide bonds. The number of carbonyl (C=O) groups excluding carboxylic acids is 1. The minimum atomic E-state index is -0.177. The van der Waals surface area contributed by atoms with E-state index >= 15 is 0 Å². The van der Waals surface area contributed by atoms with Crippen molar-refractivity contribution in [2.75, 3.05) is 7.05 Å². The SMILES string of the molecule is Cc1ccc(-c2cnc(CCC(=O)N(C)Cc3nc4ccsc4c(=O)[nH]3)o2)cc1. The highest BCUT2D eigenvalue weighted by molar-refractivity contribution is 7.17. The Morgan fingerprint density at radius 3 is 2.83 bits per heavy atom. The molecule has 0 bridgehead atoms. The van der Waals surface area contributed by atoms with Crippen molar-refractivity contribution in [3.05, 3.63) is 69.5 Å². The van der Waals surface area contributed by atoms with E-state index in [1.165, 1.54) is 16.9 Å². The molecule has 0 spiro atoms. The van der Waals surface area contributed by atoms with E-state index in [9.17, 15) is 9.59 Å². The first kappa shape index (κ1) is 19.1. The normalized spacial score (nSPS) is 11.1. The number of nitrogens with zero attached hydrogens (tertiary/aromatic N) is 3. The van der Waals surface area contributed by atoms with Gasteiger partial charge in [0.2, 0.25) is 5.91 Å². The first-order valence-corrected chi connectivity index (χ1v) is 10.1. The highest BCUT2D eigenvalue weighted by Crippen LogP contribution is 2.21. The maximum atomic E-state index is 12.5. The number of aromatic nitrogens is 3. The number of H-pyrrole nitrogens is 1. The second kappa shape index (κ2) is 8.00. The molecular formula is C21H20N4O3S. The third kappa shape index (κ3) is 4.27. The van der Waals surface area contributed by atoms with Crippen LogP contribution < -0.4 is 5.56 Å². The van der Waals surface area contributed by atoms with Gasteiger partial charge in [0.15, 0.2) is 11.7 Å². The van der Waals surface area contributed by atoms with E-state index in [1.807, 2.05) is 36.6 Å². The van der Waals surface area contributed by atoms with Gasteiger partial charge in [-0.25, -0.2) is 9.97 Å². The van der Waals surface area contributed by atoms with Gasteiger partial charge in [-0.2, -0.15) is 0 Å². The summed E-state index contributed by atoms with van der Waals surface area (Å²) in [5, 5.41) is 1.83. The number of hydrogen-bond acceptors (Lipinski definition) is 6. The molecule has 0 radical (unpaired) electrons. The number of fused-ring (bicyclic) bond motifs is 1. The van der Waals surface area contributed by atoms with Crippen LogP contribution in [0.5, 0.6) is 0 Å². The van der Waals surface area contributed by atoms with Gasteiger partial charge >= 0.3 is 0 Å². The molecule has 0 aliphatic carbocycles. The van der Waals surface area contributed by atoms with E-state index in [-0.39, 0.29) is 24.4 Å². The van der Waals surface area contributed by atoms with Crippen molar-refractivity contribution < 1.29 is 9.21 Å². The van der Waals surface area contributed by atoms with Crippen molar-refractivity contribution in [1.29, 1.82) is 0 Å². The summed E-state index contributed by atoms with van der Waals surface area (Å²) in [5.74, 6) is 1.60. The minimum Gasteiger partial charge on any atom is -0.441 e. The van der Waals surface area contributed by atoms with E-state index in [4.69, 9.17) is 4.42 Å². The number of thiophene rings is 1. The van der Waals surface area contributed by atoms with Crippen LogP contribution in [0.3, 0.4) is 0 Å². The van der Waals surface area contributed by atoms with Gasteiger partial charge in [0.05, 0.1) is 18.3 Å². The van der Waals surface area contributed by atoms with Crippen molar-refractivity contribution in [2.45, 2.75) is 26.3 Å². The summed E-state index contributed by atoms with van der Waals surface area (Å²) in [5.41, 5.74) is 2.61. The predicted octanol–water partition coefficient (Wildman–Crippen LogP) is 3.54. The van der Waals surface area contributed by atoms with Crippen LogP contribution >= 0.6 is 11.3 Å². The van der Waals surface area contributed by atoms with Crippen molar-refractivity contribution in [3.8, 4) is 11.3 Å². The van der Waals surface area contributed by atoms with Crippen molar-refractivity contribution >= 4 is 27.5 Å². The number of amides is 1. The van der Waals surface area contributed by atoms with Gasteiger partial charge in [0.1, 0.15) is 10.5 Å². The van der Waals surface area contributed by atoms with Gasteiger partial charge in [-0.15, -0.1) is 11.3 Å². The summed E-state index contributed by atoms with van der Waals surface area (Å²) in [6.07, 6.45) is 2.34. The fourth-order valence-corrected chi connectivity index (χ4v) is 3.72. The molecule has 1 aromatic carbocycles. The second-order valence-corrected chi connectivity index (χ2v) is 7.80. The molecule has 4 rings (SSSR count). The molecule has 0 aliphatic rings. The van der Waals surface area contributed by atoms with Gasteiger partial charge < -0.3 is 14.3 Å². The maximum absolute atomic E-state index is 12.5. The van der Waals surface area contributed by atoms with Gasteiger partial charge in [-0.1, -0.05) is 29.8 Å². The molecule has 3 heterocycles. The zero-order valence-corrected chi connectivity index (χ0v) is 17.0. The summed E-state index contributed by atoms with van der Waals surface area (Å²) in [6, 6.07) is 9.80. The van der Waals surface area contributed by atoms with Crippen LogP contribution in [0.4, 0.5) is 0 Å². The third-order valence-electron chi connectivity index (χ3n) is 4.62. The molecule has 7 nitrogen and oxygen atoms in total. The Hall–Kier alpha value is -3.26. The first-order chi connectivity index (χ1) is 14.0. The van der Waals surface area contributed by atoms with Crippen LogP contribution in [0.1, 0.15) is 23.7 Å². The van der Waals surface area contributed by atoms with E-state index in [1.54, 1.807) is 24.2 Å². The monoisotopic (exact) mass is 408 g/mol. The van der Waals surface area contributed by atoms with E-state index in [0.717, 1.165) is 5.56 Å². The number of oxazole rings is 1. The van der Waals surface area contributed by atoms with Crippen LogP contribution in [-0.4, -0.2) is 32.8 Å². The summed E-state index contributed by atoms with van der Waals surface area (Å²) in [4.78, 5) is 37.5. The molecule has 3 aromatic heterocycles. The molecule has 0 saturated carbocycles. The molecular weight excluding hydrogens is 388 g/mol. The van der Waals surface area contributed by atoms with Crippen LogP contribution in [0, 0.1) is 6.92 Å². The quantitative estimate of drug-likeness (QED) is 0.527. The molecule has 0 aliphatic heterocycles. The lowest BCUT2D eigenvalue weighted by Gasteiger charge is -2.16. The van der Waals surface area contributed by atoms with E-state index < -0.39 is 0 Å². The van der Waals surface area contributed by atoms with E-state index in [0.29, 0.717) is 34.1 Å². The third-order valence-corrected chi connectivity index (χ3v) is 5.52. The van der Waals surface area contributed by atoms with Gasteiger partial charge in [-0.3, -0.25) is 9.59 Å². The Labute approximate surface area is 171 Å². The standard InChI is InChI=1S/C21H20N4O3S/c1-13-3-5-14(6-4-13)16-11-22-18(28-16)7-8-19(26)25(2)12-17-23-15-9-10-29-20(15)21(27)24-17/h3-6,9-11H,7-8,12H2,1-2H3,(H,23,24,27). The number of rotatable bonds is 6. The van der Waals surface area contributed by atoms with Crippen molar-refractivity contribution in [3.63, 3.8) is 0 Å².